The van der Waals surface area contributed by atoms with E-state index in [1.165, 1.54) is 12.8 Å². The van der Waals surface area contributed by atoms with Crippen LogP contribution in [0.5, 0.6) is 11.5 Å². The number of benzene rings is 6. The number of ketones is 2. The summed E-state index contributed by atoms with van der Waals surface area (Å²) in [7, 11) is 0. The number of aliphatic carboxylic acids is 1. The third-order valence-corrected chi connectivity index (χ3v) is 14.6. The molecule has 15 heteroatoms. The molecule has 76 heavy (non-hydrogen) atoms. The largest absolute Gasteiger partial charge is 0.489 e. The predicted molar refractivity (Wildman–Crippen MR) is 300 cm³/mol. The molecule has 2 saturated heterocycles. The van der Waals surface area contributed by atoms with Crippen LogP contribution in [0.4, 0.5) is 0 Å². The van der Waals surface area contributed by atoms with Gasteiger partial charge in [-0.25, -0.2) is 4.79 Å². The van der Waals surface area contributed by atoms with Gasteiger partial charge in [-0.15, -0.1) is 0 Å². The van der Waals surface area contributed by atoms with Crippen LogP contribution < -0.4 is 20.5 Å². The lowest BCUT2D eigenvalue weighted by molar-refractivity contribution is -0.149. The number of Topliss-reactive ketones (excluding diaryl/α,β-unsaturated/α-hetero) is 2. The molecule has 13 nitrogen and oxygen atoms in total. The Morgan fingerprint density at radius 2 is 1.01 bits per heavy atom. The molecule has 0 aromatic heterocycles. The third-order valence-electron chi connectivity index (χ3n) is 14.1. The van der Waals surface area contributed by atoms with Crippen LogP contribution in [0.25, 0.3) is 21.5 Å². The highest BCUT2D eigenvalue weighted by atomic mass is 35.5. The molecule has 2 aliphatic carbocycles. The summed E-state index contributed by atoms with van der Waals surface area (Å²) in [5.41, 5.74) is 9.48. The van der Waals surface area contributed by atoms with Gasteiger partial charge in [-0.2, -0.15) is 0 Å². The number of ether oxygens (including phenoxy) is 2. The zero-order chi connectivity index (χ0) is 52.8. The van der Waals surface area contributed by atoms with Crippen molar-refractivity contribution < 1.29 is 44.0 Å². The van der Waals surface area contributed by atoms with E-state index < -0.39 is 41.7 Å². The van der Waals surface area contributed by atoms with E-state index >= 15 is 0 Å². The van der Waals surface area contributed by atoms with E-state index in [2.05, 4.69) is 21.2 Å². The van der Waals surface area contributed by atoms with Crippen molar-refractivity contribution in [1.29, 1.82) is 0 Å². The number of hydrogen-bond acceptors (Lipinski definition) is 11. The SMILES string of the molecule is C.N[C@H](CN1CCCC1)[C@H](O)c1ccc(OC2CC2)c(Cl)c1.O=C(CCc1ccc2ccccc2c1)C(=O)N[C@H](CN1CCCC1)[C@H](O)c1ccc(OC2CC2)c(Cl)c1.O=C(O)C(=O)CCc1ccc2ccccc2c1. The maximum atomic E-state index is 12.9. The average molecular weight is 1080 g/mol. The van der Waals surface area contributed by atoms with Gasteiger partial charge in [0.25, 0.3) is 5.91 Å². The van der Waals surface area contributed by atoms with Crippen LogP contribution in [0.2, 0.25) is 10.0 Å². The Labute approximate surface area is 456 Å². The molecule has 2 heterocycles. The smallest absolute Gasteiger partial charge is 0.372 e. The van der Waals surface area contributed by atoms with Crippen molar-refractivity contribution in [1.82, 2.24) is 15.1 Å². The minimum absolute atomic E-state index is 0. The second-order valence-corrected chi connectivity index (χ2v) is 21.0. The summed E-state index contributed by atoms with van der Waals surface area (Å²) in [6.45, 7) is 5.15. The first-order valence-electron chi connectivity index (χ1n) is 26.3. The summed E-state index contributed by atoms with van der Waals surface area (Å²) >= 11 is 12.7. The van der Waals surface area contributed by atoms with E-state index in [-0.39, 0.29) is 32.4 Å². The van der Waals surface area contributed by atoms with Gasteiger partial charge in [-0.1, -0.05) is 128 Å². The molecule has 2 saturated carbocycles. The first kappa shape index (κ1) is 57.8. The van der Waals surface area contributed by atoms with Gasteiger partial charge in [0.05, 0.1) is 34.4 Å². The van der Waals surface area contributed by atoms with Crippen LogP contribution in [0.15, 0.2) is 121 Å². The van der Waals surface area contributed by atoms with Crippen LogP contribution in [0, 0.1) is 0 Å². The number of fused-ring (bicyclic) bond motifs is 2. The Kier molecular flexibility index (Phi) is 21.2. The molecule has 404 valence electrons. The van der Waals surface area contributed by atoms with Crippen molar-refractivity contribution in [3.63, 3.8) is 0 Å². The van der Waals surface area contributed by atoms with Crippen molar-refractivity contribution in [3.8, 4) is 11.5 Å². The molecule has 4 aliphatic rings. The molecule has 0 bridgehead atoms. The molecule has 0 radical (unpaired) electrons. The molecule has 6 N–H and O–H groups in total. The van der Waals surface area contributed by atoms with Crippen molar-refractivity contribution in [2.45, 2.75) is 121 Å². The molecule has 4 atom stereocenters. The molecular weight excluding hydrogens is 1000 g/mol. The van der Waals surface area contributed by atoms with Crippen LogP contribution in [0.1, 0.15) is 106 Å². The number of hydrogen-bond donors (Lipinski definition) is 5. The Bertz CT molecular complexity index is 2920. The fourth-order valence-electron chi connectivity index (χ4n) is 9.41. The second kappa shape index (κ2) is 27.9. The summed E-state index contributed by atoms with van der Waals surface area (Å²) in [5.74, 6) is -1.95. The van der Waals surface area contributed by atoms with Gasteiger partial charge < -0.3 is 45.6 Å². The van der Waals surface area contributed by atoms with E-state index in [0.29, 0.717) is 52.6 Å². The molecule has 6 aromatic rings. The van der Waals surface area contributed by atoms with Gasteiger partial charge >= 0.3 is 5.97 Å². The topological polar surface area (TPSA) is 192 Å². The number of carboxylic acids is 1. The fraction of sp³-hybridized carbons (Fsp3) is 0.410. The summed E-state index contributed by atoms with van der Waals surface area (Å²) in [4.78, 5) is 51.6. The van der Waals surface area contributed by atoms with Crippen LogP contribution in [-0.2, 0) is 32.0 Å². The number of nitrogens with zero attached hydrogens (tertiary/aromatic N) is 2. The number of aliphatic hydroxyl groups excluding tert-OH is 2. The summed E-state index contributed by atoms with van der Waals surface area (Å²) in [5, 5.41) is 38.4. The van der Waals surface area contributed by atoms with Crippen LogP contribution >= 0.6 is 23.2 Å². The van der Waals surface area contributed by atoms with E-state index in [9.17, 15) is 29.4 Å². The lowest BCUT2D eigenvalue weighted by atomic mass is 10.00. The third kappa shape index (κ3) is 17.1. The van der Waals surface area contributed by atoms with Crippen molar-refractivity contribution in [2.24, 2.45) is 5.73 Å². The number of carbonyl (C=O) groups excluding carboxylic acids is 3. The lowest BCUT2D eigenvalue weighted by Crippen LogP contribution is -2.48. The van der Waals surface area contributed by atoms with E-state index in [4.69, 9.17) is 43.5 Å². The number of carbonyl (C=O) groups is 4. The quantitative estimate of drug-likeness (QED) is 0.0429. The highest BCUT2D eigenvalue weighted by Gasteiger charge is 2.31. The second-order valence-electron chi connectivity index (χ2n) is 20.2. The fourth-order valence-corrected chi connectivity index (χ4v) is 9.88. The van der Waals surface area contributed by atoms with E-state index in [1.807, 2.05) is 91.0 Å². The summed E-state index contributed by atoms with van der Waals surface area (Å²) in [6.07, 6.45) is 8.80. The predicted octanol–water partition coefficient (Wildman–Crippen LogP) is 10.3. The number of nitrogens with two attached hydrogens (primary N) is 1. The molecular formula is C61H72Cl2N4O9. The molecule has 0 unspecified atom stereocenters. The molecule has 2 aliphatic heterocycles. The number of nitrogens with one attached hydrogen (secondary N) is 1. The Morgan fingerprint density at radius 3 is 1.46 bits per heavy atom. The van der Waals surface area contributed by atoms with Crippen molar-refractivity contribution in [2.75, 3.05) is 39.3 Å². The number of carboxylic acid groups (broad SMARTS) is 1. The van der Waals surface area contributed by atoms with E-state index in [1.54, 1.807) is 24.3 Å². The number of amides is 1. The monoisotopic (exact) mass is 1070 g/mol. The van der Waals surface area contributed by atoms with Crippen LogP contribution in [-0.4, -0.2) is 112 Å². The summed E-state index contributed by atoms with van der Waals surface area (Å²) < 4.78 is 11.5. The maximum Gasteiger partial charge on any atom is 0.372 e. The van der Waals surface area contributed by atoms with Crippen molar-refractivity contribution in [3.05, 3.63) is 154 Å². The zero-order valence-electron chi connectivity index (χ0n) is 42.3. The Morgan fingerprint density at radius 1 is 0.579 bits per heavy atom. The first-order chi connectivity index (χ1) is 36.3. The van der Waals surface area contributed by atoms with Gasteiger partial charge in [0.15, 0.2) is 0 Å². The number of halogens is 2. The van der Waals surface area contributed by atoms with Crippen LogP contribution in [0.3, 0.4) is 0 Å². The number of rotatable bonds is 21. The van der Waals surface area contributed by atoms with Crippen molar-refractivity contribution >= 4 is 68.2 Å². The number of aliphatic hydroxyl groups is 2. The number of likely N-dealkylation sites (tertiary alicyclic amines) is 2. The number of aryl methyl sites for hydroxylation is 2. The van der Waals surface area contributed by atoms with Gasteiger partial charge in [0.1, 0.15) is 17.6 Å². The van der Waals surface area contributed by atoms with Gasteiger partial charge in [0, 0.05) is 32.0 Å². The molecule has 10 rings (SSSR count). The van der Waals surface area contributed by atoms with Gasteiger partial charge in [-0.3, -0.25) is 14.4 Å². The highest BCUT2D eigenvalue weighted by Crippen LogP contribution is 2.36. The van der Waals surface area contributed by atoms with Gasteiger partial charge in [0.2, 0.25) is 11.6 Å². The zero-order valence-corrected chi connectivity index (χ0v) is 43.8. The lowest BCUT2D eigenvalue weighted by Gasteiger charge is -2.28. The minimum atomic E-state index is -1.36. The molecule has 0 spiro atoms. The standard InChI is InChI=1S/C30H33ClN2O4.C16H23ClN2O2.C14H12O3.CH4/c31-25-18-23(10-14-28(25)37-24-11-12-24)29(35)26(19-33-15-3-4-16-33)32-30(36)27(34)13-8-20-7-9-21-5-1-2-6-22(21)17-20;17-13-9-11(3-6-15(13)21-12-4-5-12)16(20)14(18)10-19-7-1-2-8-19;15-13(14(16)17)8-6-10-5-7-11-3-1-2-4-12(11)9-10;/h1-2,5-7,9-10,14,17-18,24,26,29,35H,3-4,8,11-13,15-16,19H2,(H,32,36);3,6,9,12,14,16,20H,1-2,4-5,7-8,10,18H2;1-5,7,9H,6,8H2,(H,16,17);1H4/t26-,29-;14-,16-;;/m11../s1. The molecule has 4 fully saturated rings. The molecule has 1 amide bonds. The average Bonchev–Trinajstić information content (AvgIpc) is 4.31. The Hall–Kier alpha value is -5.90. The summed E-state index contributed by atoms with van der Waals surface area (Å²) in [6, 6.07) is 37.7. The van der Waals surface area contributed by atoms with Gasteiger partial charge in [-0.05, 0) is 158 Å². The normalized spacial score (nSPS) is 17.0. The van der Waals surface area contributed by atoms with E-state index in [0.717, 1.165) is 109 Å². The Balaban J connectivity index is 0.000000182. The maximum absolute atomic E-state index is 12.9. The highest BCUT2D eigenvalue weighted by molar-refractivity contribution is 6.36. The minimum Gasteiger partial charge on any atom is -0.489 e. The first-order valence-corrected chi connectivity index (χ1v) is 27.1. The molecule has 6 aromatic carbocycles.